The highest BCUT2D eigenvalue weighted by Crippen LogP contribution is 2.49. The van der Waals surface area contributed by atoms with Gasteiger partial charge < -0.3 is 5.11 Å². The predicted molar refractivity (Wildman–Crippen MR) is 68.5 cm³/mol. The van der Waals surface area contributed by atoms with Crippen LogP contribution in [0.15, 0.2) is 18.2 Å². The van der Waals surface area contributed by atoms with Gasteiger partial charge in [0.15, 0.2) is 0 Å². The van der Waals surface area contributed by atoms with E-state index in [9.17, 15) is 4.79 Å². The second kappa shape index (κ2) is 3.90. The third-order valence-electron chi connectivity index (χ3n) is 3.45. The van der Waals surface area contributed by atoms with Gasteiger partial charge in [-0.2, -0.15) is 0 Å². The minimum atomic E-state index is -0.767. The molecule has 1 spiro atoms. The van der Waals surface area contributed by atoms with Gasteiger partial charge in [0, 0.05) is 10.8 Å². The van der Waals surface area contributed by atoms with E-state index in [1.807, 2.05) is 18.2 Å². The summed E-state index contributed by atoms with van der Waals surface area (Å²) in [6, 6.07) is 5.45. The maximum absolute atomic E-state index is 11.0. The van der Waals surface area contributed by atoms with E-state index in [2.05, 4.69) is 5.32 Å². The van der Waals surface area contributed by atoms with Crippen molar-refractivity contribution in [1.82, 2.24) is 5.32 Å². The maximum atomic E-state index is 11.0. The number of rotatable bonds is 1. The maximum Gasteiger partial charge on any atom is 0.321 e. The van der Waals surface area contributed by atoms with Crippen molar-refractivity contribution >= 4 is 29.3 Å². The van der Waals surface area contributed by atoms with E-state index in [4.69, 9.17) is 16.7 Å². The Labute approximate surface area is 109 Å². The number of carboxylic acids is 1. The van der Waals surface area contributed by atoms with Crippen LogP contribution in [0.3, 0.4) is 0 Å². The molecule has 0 amide bonds. The molecule has 1 aromatic rings. The molecule has 2 aliphatic rings. The number of fused-ring (bicyclic) bond motifs is 2. The molecule has 5 heteroatoms. The van der Waals surface area contributed by atoms with Crippen molar-refractivity contribution in [1.29, 1.82) is 0 Å². The molecule has 1 unspecified atom stereocenters. The van der Waals surface area contributed by atoms with E-state index in [-0.39, 0.29) is 4.87 Å². The van der Waals surface area contributed by atoms with E-state index in [0.717, 1.165) is 17.9 Å². The summed E-state index contributed by atoms with van der Waals surface area (Å²) in [4.78, 5) is 10.8. The normalized spacial score (nSPS) is 30.8. The van der Waals surface area contributed by atoms with E-state index in [0.29, 0.717) is 5.75 Å². The molecule has 0 saturated carbocycles. The lowest BCUT2D eigenvalue weighted by Crippen LogP contribution is -2.42. The SMILES string of the molecule is O=C(O)[C@H]1CSC2(CCc3cc(Cl)ccc32)N1. The number of carbonyl (C=O) groups is 1. The molecule has 1 heterocycles. The van der Waals surface area contributed by atoms with Crippen molar-refractivity contribution in [2.75, 3.05) is 5.75 Å². The van der Waals surface area contributed by atoms with Crippen LogP contribution in [0, 0.1) is 0 Å². The number of aliphatic carboxylic acids is 1. The quantitative estimate of drug-likeness (QED) is 0.821. The largest absolute Gasteiger partial charge is 0.480 e. The number of hydrogen-bond acceptors (Lipinski definition) is 3. The van der Waals surface area contributed by atoms with Crippen LogP contribution in [-0.2, 0) is 16.1 Å². The molecule has 2 N–H and O–H groups in total. The molecule has 1 aromatic carbocycles. The molecule has 0 bridgehead atoms. The Morgan fingerprint density at radius 3 is 3.12 bits per heavy atom. The number of benzene rings is 1. The monoisotopic (exact) mass is 269 g/mol. The van der Waals surface area contributed by atoms with Crippen LogP contribution in [0.4, 0.5) is 0 Å². The zero-order chi connectivity index (χ0) is 12.0. The number of nitrogens with one attached hydrogen (secondary N) is 1. The fourth-order valence-corrected chi connectivity index (χ4v) is 4.33. The number of carboxylic acid groups (broad SMARTS) is 1. The smallest absolute Gasteiger partial charge is 0.321 e. The van der Waals surface area contributed by atoms with Crippen molar-refractivity contribution in [2.45, 2.75) is 23.8 Å². The van der Waals surface area contributed by atoms with Crippen molar-refractivity contribution < 1.29 is 9.90 Å². The molecule has 1 aliphatic heterocycles. The highest BCUT2D eigenvalue weighted by molar-refractivity contribution is 8.00. The number of thioether (sulfide) groups is 1. The minimum Gasteiger partial charge on any atom is -0.480 e. The van der Waals surface area contributed by atoms with Crippen LogP contribution in [0.5, 0.6) is 0 Å². The second-order valence-corrected chi connectivity index (χ2v) is 6.23. The van der Waals surface area contributed by atoms with E-state index in [1.54, 1.807) is 11.8 Å². The summed E-state index contributed by atoms with van der Waals surface area (Å²) >= 11 is 7.68. The second-order valence-electron chi connectivity index (χ2n) is 4.47. The van der Waals surface area contributed by atoms with Gasteiger partial charge in [-0.25, -0.2) is 0 Å². The lowest BCUT2D eigenvalue weighted by molar-refractivity contribution is -0.138. The molecular weight excluding hydrogens is 258 g/mol. The number of hydrogen-bond donors (Lipinski definition) is 2. The van der Waals surface area contributed by atoms with Crippen LogP contribution in [0.2, 0.25) is 5.02 Å². The zero-order valence-corrected chi connectivity index (χ0v) is 10.6. The molecule has 2 atom stereocenters. The van der Waals surface area contributed by atoms with Gasteiger partial charge in [0.1, 0.15) is 6.04 Å². The van der Waals surface area contributed by atoms with E-state index < -0.39 is 12.0 Å². The Morgan fingerprint density at radius 2 is 2.41 bits per heavy atom. The standard InChI is InChI=1S/C12H12ClNO2S/c13-8-1-2-9-7(5-8)3-4-12(9)14-10(6-17-12)11(15)16/h1-2,5,10,14H,3-4,6H2,(H,15,16)/t10-,12?/m1/s1. The third kappa shape index (κ3) is 1.75. The Bertz CT molecular complexity index is 493. The van der Waals surface area contributed by atoms with Crippen molar-refractivity contribution in [2.24, 2.45) is 0 Å². The molecule has 90 valence electrons. The molecule has 1 aliphatic carbocycles. The average Bonchev–Trinajstić information content (AvgIpc) is 2.86. The molecular formula is C12H12ClNO2S. The third-order valence-corrected chi connectivity index (χ3v) is 5.22. The van der Waals surface area contributed by atoms with Crippen LogP contribution >= 0.6 is 23.4 Å². The van der Waals surface area contributed by atoms with Gasteiger partial charge in [-0.1, -0.05) is 17.7 Å². The van der Waals surface area contributed by atoms with Gasteiger partial charge in [-0.05, 0) is 36.1 Å². The van der Waals surface area contributed by atoms with Gasteiger partial charge in [0.2, 0.25) is 0 Å². The fraction of sp³-hybridized carbons (Fsp3) is 0.417. The van der Waals surface area contributed by atoms with Crippen LogP contribution in [-0.4, -0.2) is 22.9 Å². The summed E-state index contributed by atoms with van der Waals surface area (Å²) in [5.41, 5.74) is 2.44. The first-order chi connectivity index (χ1) is 8.11. The highest BCUT2D eigenvalue weighted by Gasteiger charge is 2.47. The predicted octanol–water partition coefficient (Wildman–Crippen LogP) is 2.23. The lowest BCUT2D eigenvalue weighted by atomic mass is 10.1. The Hall–Kier alpha value is -0.710. The summed E-state index contributed by atoms with van der Waals surface area (Å²) in [7, 11) is 0. The highest BCUT2D eigenvalue weighted by atomic mass is 35.5. The summed E-state index contributed by atoms with van der Waals surface area (Å²) < 4.78 is 0. The summed E-state index contributed by atoms with van der Waals surface area (Å²) in [5, 5.41) is 13.1. The van der Waals surface area contributed by atoms with Gasteiger partial charge in [0.25, 0.3) is 0 Å². The molecule has 0 radical (unpaired) electrons. The van der Waals surface area contributed by atoms with Crippen LogP contribution < -0.4 is 5.32 Å². The van der Waals surface area contributed by atoms with Crippen LogP contribution in [0.25, 0.3) is 0 Å². The van der Waals surface area contributed by atoms with E-state index >= 15 is 0 Å². The molecule has 0 aromatic heterocycles. The summed E-state index contributed by atoms with van der Waals surface area (Å²) in [6.45, 7) is 0. The molecule has 17 heavy (non-hydrogen) atoms. The summed E-state index contributed by atoms with van der Waals surface area (Å²) in [6.07, 6.45) is 1.90. The van der Waals surface area contributed by atoms with Gasteiger partial charge in [-0.3, -0.25) is 10.1 Å². The Balaban J connectivity index is 1.96. The first-order valence-electron chi connectivity index (χ1n) is 5.54. The Kier molecular flexibility index (Phi) is 2.61. The van der Waals surface area contributed by atoms with Gasteiger partial charge in [-0.15, -0.1) is 11.8 Å². The first-order valence-corrected chi connectivity index (χ1v) is 6.90. The summed E-state index contributed by atoms with van der Waals surface area (Å²) in [5.74, 6) is -0.144. The zero-order valence-electron chi connectivity index (χ0n) is 9.07. The molecule has 3 nitrogen and oxygen atoms in total. The molecule has 1 fully saturated rings. The fourth-order valence-electron chi connectivity index (χ4n) is 2.63. The Morgan fingerprint density at radius 1 is 1.59 bits per heavy atom. The first kappa shape index (κ1) is 11.4. The van der Waals surface area contributed by atoms with Gasteiger partial charge in [0.05, 0.1) is 4.87 Å². The van der Waals surface area contributed by atoms with Crippen molar-refractivity contribution in [3.05, 3.63) is 34.3 Å². The lowest BCUT2D eigenvalue weighted by Gasteiger charge is -2.24. The number of aryl methyl sites for hydroxylation is 1. The van der Waals surface area contributed by atoms with Crippen molar-refractivity contribution in [3.63, 3.8) is 0 Å². The van der Waals surface area contributed by atoms with E-state index in [1.165, 1.54) is 11.1 Å². The topological polar surface area (TPSA) is 49.3 Å². The van der Waals surface area contributed by atoms with Crippen LogP contribution in [0.1, 0.15) is 17.5 Å². The minimum absolute atomic E-state index is 0.205. The average molecular weight is 270 g/mol. The molecule has 1 saturated heterocycles. The number of halogens is 1. The van der Waals surface area contributed by atoms with Gasteiger partial charge >= 0.3 is 5.97 Å². The van der Waals surface area contributed by atoms with Crippen molar-refractivity contribution in [3.8, 4) is 0 Å². The molecule has 3 rings (SSSR count).